The molecule has 0 amide bonds. The van der Waals surface area contributed by atoms with Crippen LogP contribution in [0.15, 0.2) is 91.0 Å². The van der Waals surface area contributed by atoms with Gasteiger partial charge in [0.2, 0.25) is 0 Å². The number of benzene rings is 3. The fraction of sp³-hybridized carbons (Fsp3) is 0.310. The van der Waals surface area contributed by atoms with Crippen molar-refractivity contribution >= 4 is 24.2 Å². The maximum Gasteiger partial charge on any atom is 0.337 e. The molecule has 0 heterocycles. The van der Waals surface area contributed by atoms with Crippen LogP contribution in [-0.4, -0.2) is 47.0 Å². The molecule has 188 valence electrons. The summed E-state index contributed by atoms with van der Waals surface area (Å²) in [6.45, 7) is 4.15. The molecule has 0 saturated carbocycles. The minimum absolute atomic E-state index is 0. The largest absolute Gasteiger partial charge is 0.479 e. The fourth-order valence-corrected chi connectivity index (χ4v) is 3.99. The lowest BCUT2D eigenvalue weighted by atomic mass is 9.67. The Balaban J connectivity index is 0.000000430. The number of ketones is 1. The molecule has 2 unspecified atom stereocenters. The Morgan fingerprint density at radius 2 is 1.23 bits per heavy atom. The Morgan fingerprint density at radius 3 is 1.57 bits per heavy atom. The normalized spacial score (nSPS) is 12.5. The third-order valence-electron chi connectivity index (χ3n) is 6.16. The molecule has 3 aromatic carbocycles. The molecule has 2 atom stereocenters. The second-order valence-electron chi connectivity index (χ2n) is 8.58. The van der Waals surface area contributed by atoms with Gasteiger partial charge in [-0.2, -0.15) is 0 Å². The maximum atomic E-state index is 13.2. The highest BCUT2D eigenvalue weighted by atomic mass is 35.5. The van der Waals surface area contributed by atoms with Gasteiger partial charge < -0.3 is 15.1 Å². The lowest BCUT2D eigenvalue weighted by Gasteiger charge is -2.37. The van der Waals surface area contributed by atoms with Crippen molar-refractivity contribution < 1.29 is 19.8 Å². The molecule has 0 aliphatic heterocycles. The summed E-state index contributed by atoms with van der Waals surface area (Å²) in [4.78, 5) is 25.6. The van der Waals surface area contributed by atoms with E-state index in [9.17, 15) is 9.59 Å². The first kappa shape index (κ1) is 30.0. The highest BCUT2D eigenvalue weighted by Crippen LogP contribution is 2.39. The zero-order valence-corrected chi connectivity index (χ0v) is 21.6. The minimum Gasteiger partial charge on any atom is -0.479 e. The van der Waals surface area contributed by atoms with Gasteiger partial charge in [0, 0.05) is 12.5 Å². The van der Waals surface area contributed by atoms with E-state index < -0.39 is 17.5 Å². The average Bonchev–Trinajstić information content (AvgIpc) is 2.88. The molecule has 0 radical (unpaired) electrons. The number of hydrogen-bond acceptors (Lipinski definition) is 4. The van der Waals surface area contributed by atoms with Crippen LogP contribution in [-0.2, 0) is 15.0 Å². The molecular formula is C29H36ClNO4. The summed E-state index contributed by atoms with van der Waals surface area (Å²) in [6, 6.07) is 29.0. The van der Waals surface area contributed by atoms with Crippen molar-refractivity contribution in [2.75, 3.05) is 14.1 Å². The van der Waals surface area contributed by atoms with E-state index in [1.807, 2.05) is 43.3 Å². The predicted molar refractivity (Wildman–Crippen MR) is 143 cm³/mol. The number of carboxylic acid groups (broad SMARTS) is 1. The van der Waals surface area contributed by atoms with Gasteiger partial charge >= 0.3 is 5.97 Å². The van der Waals surface area contributed by atoms with Gasteiger partial charge in [0.15, 0.2) is 6.10 Å². The summed E-state index contributed by atoms with van der Waals surface area (Å²) >= 11 is 0. The molecule has 0 spiro atoms. The monoisotopic (exact) mass is 497 g/mol. The van der Waals surface area contributed by atoms with Gasteiger partial charge in [-0.25, -0.2) is 4.79 Å². The molecule has 2 N–H and O–H groups in total. The lowest BCUT2D eigenvalue weighted by Crippen LogP contribution is -2.42. The molecule has 0 aliphatic rings. The van der Waals surface area contributed by atoms with Crippen molar-refractivity contribution in [3.8, 4) is 0 Å². The number of carbonyl (C=O) groups is 2. The predicted octanol–water partition coefficient (Wildman–Crippen LogP) is 5.52. The van der Waals surface area contributed by atoms with Gasteiger partial charge in [-0.15, -0.1) is 12.4 Å². The van der Waals surface area contributed by atoms with Crippen LogP contribution in [0.3, 0.4) is 0 Å². The topological polar surface area (TPSA) is 77.8 Å². The highest BCUT2D eigenvalue weighted by Gasteiger charge is 2.41. The number of aliphatic carboxylic acids is 1. The summed E-state index contributed by atoms with van der Waals surface area (Å²) in [6.07, 6.45) is -0.0961. The summed E-state index contributed by atoms with van der Waals surface area (Å²) in [5.41, 5.74) is 2.00. The van der Waals surface area contributed by atoms with Crippen LogP contribution >= 0.6 is 12.4 Å². The van der Waals surface area contributed by atoms with E-state index in [1.165, 1.54) is 0 Å². The number of carbonyl (C=O) groups excluding carboxylic acids is 1. The van der Waals surface area contributed by atoms with Crippen LogP contribution in [0.2, 0.25) is 0 Å². The molecule has 35 heavy (non-hydrogen) atoms. The van der Waals surface area contributed by atoms with Crippen LogP contribution in [0.25, 0.3) is 0 Å². The van der Waals surface area contributed by atoms with Gasteiger partial charge in [0.25, 0.3) is 0 Å². The number of aliphatic hydroxyl groups excluding tert-OH is 1. The number of Topliss-reactive ketones (excluding diaryl/α,β-unsaturated/α-hetero) is 1. The minimum atomic E-state index is -1.41. The summed E-state index contributed by atoms with van der Waals surface area (Å²) in [7, 11) is 4.14. The standard InChI is InChI=1S/C21H27NO.C8H8O3.ClH/c1-5-20(23)21(16-17(2)22(3)4,18-12-8-6-9-13-18)19-14-10-7-11-15-19;9-7(8(10)11)6-4-2-1-3-5-6;/h6-15,17H,5,16H2,1-4H3;1-5,7,9H,(H,10,11);1H. The zero-order valence-electron chi connectivity index (χ0n) is 20.8. The van der Waals surface area contributed by atoms with Gasteiger partial charge in [0.05, 0.1) is 5.41 Å². The van der Waals surface area contributed by atoms with Crippen molar-refractivity contribution in [3.05, 3.63) is 108 Å². The van der Waals surface area contributed by atoms with Gasteiger partial charge in [-0.1, -0.05) is 97.9 Å². The molecular weight excluding hydrogens is 462 g/mol. The molecule has 0 aromatic heterocycles. The van der Waals surface area contributed by atoms with Gasteiger partial charge in [0.1, 0.15) is 5.78 Å². The van der Waals surface area contributed by atoms with Crippen molar-refractivity contribution in [3.63, 3.8) is 0 Å². The van der Waals surface area contributed by atoms with E-state index in [0.29, 0.717) is 18.0 Å². The molecule has 0 aliphatic carbocycles. The molecule has 3 rings (SSSR count). The first-order valence-electron chi connectivity index (χ1n) is 11.5. The molecule has 3 aromatic rings. The third kappa shape index (κ3) is 7.76. The van der Waals surface area contributed by atoms with E-state index in [1.54, 1.807) is 30.3 Å². The molecule has 0 bridgehead atoms. The second-order valence-corrected chi connectivity index (χ2v) is 8.58. The van der Waals surface area contributed by atoms with E-state index in [4.69, 9.17) is 10.2 Å². The zero-order chi connectivity index (χ0) is 25.1. The van der Waals surface area contributed by atoms with Crippen LogP contribution < -0.4 is 0 Å². The Hall–Kier alpha value is -2.99. The number of rotatable bonds is 9. The molecule has 6 heteroatoms. The summed E-state index contributed by atoms with van der Waals surface area (Å²) < 4.78 is 0. The average molecular weight is 498 g/mol. The van der Waals surface area contributed by atoms with Gasteiger partial charge in [-0.3, -0.25) is 4.79 Å². The van der Waals surface area contributed by atoms with Gasteiger partial charge in [-0.05, 0) is 44.1 Å². The van der Waals surface area contributed by atoms with Crippen molar-refractivity contribution in [1.82, 2.24) is 4.90 Å². The Kier molecular flexibility index (Phi) is 12.4. The quantitative estimate of drug-likeness (QED) is 0.407. The molecule has 0 saturated heterocycles. The Morgan fingerprint density at radius 1 is 0.829 bits per heavy atom. The summed E-state index contributed by atoms with van der Waals surface area (Å²) in [5.74, 6) is -0.945. The maximum absolute atomic E-state index is 13.2. The fourth-order valence-electron chi connectivity index (χ4n) is 3.99. The SMILES string of the molecule is CCC(=O)C(CC(C)N(C)C)(c1ccccc1)c1ccccc1.Cl.O=C(O)C(O)c1ccccc1. The summed E-state index contributed by atoms with van der Waals surface area (Å²) in [5, 5.41) is 17.4. The van der Waals surface area contributed by atoms with E-state index in [2.05, 4.69) is 50.2 Å². The molecule has 0 fully saturated rings. The van der Waals surface area contributed by atoms with Crippen molar-refractivity contribution in [1.29, 1.82) is 0 Å². The first-order valence-corrected chi connectivity index (χ1v) is 11.5. The second kappa shape index (κ2) is 14.4. The Labute approximate surface area is 214 Å². The van der Waals surface area contributed by atoms with Crippen LogP contribution in [0.4, 0.5) is 0 Å². The van der Waals surface area contributed by atoms with E-state index in [0.717, 1.165) is 17.5 Å². The van der Waals surface area contributed by atoms with E-state index >= 15 is 0 Å². The van der Waals surface area contributed by atoms with Crippen molar-refractivity contribution in [2.24, 2.45) is 0 Å². The number of aliphatic hydroxyl groups is 1. The number of nitrogens with zero attached hydrogens (tertiary/aromatic N) is 1. The lowest BCUT2D eigenvalue weighted by molar-refractivity contribution is -0.147. The number of halogens is 1. The number of carboxylic acids is 1. The first-order chi connectivity index (χ1) is 16.2. The Bertz CT molecular complexity index is 987. The highest BCUT2D eigenvalue weighted by molar-refractivity contribution is 5.93. The van der Waals surface area contributed by atoms with Crippen molar-refractivity contribution in [2.45, 2.75) is 44.2 Å². The van der Waals surface area contributed by atoms with Crippen LogP contribution in [0.1, 0.15) is 49.5 Å². The number of hydrogen-bond donors (Lipinski definition) is 2. The smallest absolute Gasteiger partial charge is 0.337 e. The van der Waals surface area contributed by atoms with Crippen LogP contribution in [0.5, 0.6) is 0 Å². The molecule has 5 nitrogen and oxygen atoms in total. The van der Waals surface area contributed by atoms with E-state index in [-0.39, 0.29) is 18.2 Å². The third-order valence-corrected chi connectivity index (χ3v) is 6.16. The van der Waals surface area contributed by atoms with Crippen LogP contribution in [0, 0.1) is 0 Å².